The van der Waals surface area contributed by atoms with E-state index in [4.69, 9.17) is 9.47 Å². The summed E-state index contributed by atoms with van der Waals surface area (Å²) in [6.07, 6.45) is 2.65. The Kier molecular flexibility index (Phi) is 4.39. The Hall–Kier alpha value is -2.05. The molecule has 1 aromatic carbocycles. The highest BCUT2D eigenvalue weighted by Crippen LogP contribution is 2.38. The van der Waals surface area contributed by atoms with Crippen LogP contribution in [-0.2, 0) is 19.6 Å². The van der Waals surface area contributed by atoms with Crippen molar-refractivity contribution < 1.29 is 14.3 Å². The minimum absolute atomic E-state index is 0.0183. The first-order valence-corrected chi connectivity index (χ1v) is 9.34. The van der Waals surface area contributed by atoms with E-state index in [1.807, 2.05) is 18.2 Å². The van der Waals surface area contributed by atoms with Crippen LogP contribution in [0.2, 0.25) is 0 Å². The third kappa shape index (κ3) is 3.37. The molecule has 1 aliphatic heterocycles. The maximum Gasteiger partial charge on any atom is 0.261 e. The van der Waals surface area contributed by atoms with Crippen molar-refractivity contribution in [2.45, 2.75) is 38.5 Å². The van der Waals surface area contributed by atoms with E-state index >= 15 is 0 Å². The maximum atomic E-state index is 12.5. The molecular formula is C19H22N2O3S. The summed E-state index contributed by atoms with van der Waals surface area (Å²) < 4.78 is 10.6. The lowest BCUT2D eigenvalue weighted by Gasteiger charge is -2.13. The summed E-state index contributed by atoms with van der Waals surface area (Å²) in [6, 6.07) is 8.45. The molecule has 1 aliphatic carbocycles. The van der Waals surface area contributed by atoms with E-state index in [0.29, 0.717) is 12.3 Å². The van der Waals surface area contributed by atoms with Crippen molar-refractivity contribution in [1.82, 2.24) is 10.2 Å². The van der Waals surface area contributed by atoms with E-state index in [9.17, 15) is 4.79 Å². The van der Waals surface area contributed by atoms with Gasteiger partial charge in [0.2, 0.25) is 0 Å². The van der Waals surface area contributed by atoms with Gasteiger partial charge in [-0.1, -0.05) is 0 Å². The van der Waals surface area contributed by atoms with Crippen LogP contribution in [0.25, 0.3) is 0 Å². The van der Waals surface area contributed by atoms with Crippen LogP contribution >= 0.6 is 11.3 Å². The van der Waals surface area contributed by atoms with Gasteiger partial charge in [0.25, 0.3) is 5.91 Å². The highest BCUT2D eigenvalue weighted by Gasteiger charge is 2.34. The Balaban J connectivity index is 1.39. The van der Waals surface area contributed by atoms with E-state index in [1.54, 1.807) is 25.6 Å². The van der Waals surface area contributed by atoms with Crippen molar-refractivity contribution in [1.29, 1.82) is 0 Å². The fourth-order valence-corrected chi connectivity index (χ4v) is 4.38. The molecule has 4 rings (SSSR count). The Morgan fingerprint density at radius 3 is 2.76 bits per heavy atom. The first-order chi connectivity index (χ1) is 12.2. The van der Waals surface area contributed by atoms with Gasteiger partial charge in [0.1, 0.15) is 11.5 Å². The lowest BCUT2D eigenvalue weighted by atomic mass is 10.2. The van der Waals surface area contributed by atoms with Crippen LogP contribution in [0, 0.1) is 0 Å². The van der Waals surface area contributed by atoms with Crippen molar-refractivity contribution >= 4 is 17.2 Å². The summed E-state index contributed by atoms with van der Waals surface area (Å²) in [7, 11) is 3.24. The second-order valence-corrected chi connectivity index (χ2v) is 7.69. The van der Waals surface area contributed by atoms with Gasteiger partial charge in [0.15, 0.2) is 0 Å². The molecule has 0 unspecified atom stereocenters. The molecule has 6 heteroatoms. The second-order valence-electron chi connectivity index (χ2n) is 6.56. The molecule has 5 nitrogen and oxygen atoms in total. The van der Waals surface area contributed by atoms with Crippen molar-refractivity contribution in [2.75, 3.05) is 14.2 Å². The van der Waals surface area contributed by atoms with Gasteiger partial charge in [0.05, 0.1) is 19.1 Å². The highest BCUT2D eigenvalue weighted by atomic mass is 32.1. The Morgan fingerprint density at radius 1 is 1.24 bits per heavy atom. The molecular weight excluding hydrogens is 336 g/mol. The third-order valence-corrected chi connectivity index (χ3v) is 6.00. The number of amides is 1. The van der Waals surface area contributed by atoms with Gasteiger partial charge in [-0.25, -0.2) is 0 Å². The first kappa shape index (κ1) is 16.4. The van der Waals surface area contributed by atoms with E-state index < -0.39 is 0 Å². The van der Waals surface area contributed by atoms with E-state index in [2.05, 4.69) is 16.3 Å². The standard InChI is InChI=1S/C19H22N2O3S/c1-23-15-6-3-12(16(8-15)24-2)9-20-19(22)17-7-13-10-21(14-4-5-14)11-18(13)25-17/h3,6-8,14H,4-5,9-11H2,1-2H3,(H,20,22). The van der Waals surface area contributed by atoms with Gasteiger partial charge in [-0.3, -0.25) is 9.69 Å². The molecule has 25 heavy (non-hydrogen) atoms. The van der Waals surface area contributed by atoms with Gasteiger partial charge in [-0.15, -0.1) is 11.3 Å². The number of thiophene rings is 1. The lowest BCUT2D eigenvalue weighted by molar-refractivity contribution is 0.0954. The minimum atomic E-state index is -0.0183. The maximum absolute atomic E-state index is 12.5. The topological polar surface area (TPSA) is 50.8 Å². The number of rotatable bonds is 6. The summed E-state index contributed by atoms with van der Waals surface area (Å²) in [5, 5.41) is 3.00. The molecule has 132 valence electrons. The van der Waals surface area contributed by atoms with Crippen molar-refractivity contribution in [2.24, 2.45) is 0 Å². The van der Waals surface area contributed by atoms with Gasteiger partial charge in [-0.2, -0.15) is 0 Å². The molecule has 2 aliphatic rings. The Labute approximate surface area is 151 Å². The van der Waals surface area contributed by atoms with E-state index in [-0.39, 0.29) is 5.91 Å². The molecule has 0 atom stereocenters. The minimum Gasteiger partial charge on any atom is -0.497 e. The lowest BCUT2D eigenvalue weighted by Crippen LogP contribution is -2.22. The molecule has 0 spiro atoms. The molecule has 1 amide bonds. The molecule has 1 saturated carbocycles. The summed E-state index contributed by atoms with van der Waals surface area (Å²) >= 11 is 1.63. The number of nitrogens with zero attached hydrogens (tertiary/aromatic N) is 1. The van der Waals surface area contributed by atoms with Crippen LogP contribution < -0.4 is 14.8 Å². The second kappa shape index (κ2) is 6.69. The first-order valence-electron chi connectivity index (χ1n) is 8.52. The number of nitrogens with one attached hydrogen (secondary N) is 1. The zero-order valence-electron chi connectivity index (χ0n) is 14.5. The predicted molar refractivity (Wildman–Crippen MR) is 97.3 cm³/mol. The van der Waals surface area contributed by atoms with Gasteiger partial charge in [-0.05, 0) is 36.6 Å². The quantitative estimate of drug-likeness (QED) is 0.862. The average molecular weight is 358 g/mol. The zero-order valence-corrected chi connectivity index (χ0v) is 15.3. The SMILES string of the molecule is COc1ccc(CNC(=O)c2cc3c(s2)CN(C2CC2)C3)c(OC)c1. The molecule has 2 heterocycles. The van der Waals surface area contributed by atoms with E-state index in [1.165, 1.54) is 23.3 Å². The van der Waals surface area contributed by atoms with Crippen LogP contribution in [0.3, 0.4) is 0 Å². The summed E-state index contributed by atoms with van der Waals surface area (Å²) in [4.78, 5) is 17.2. The number of carbonyl (C=O) groups excluding carboxylic acids is 1. The van der Waals surface area contributed by atoms with E-state index in [0.717, 1.165) is 35.3 Å². The molecule has 0 saturated heterocycles. The number of hydrogen-bond acceptors (Lipinski definition) is 5. The molecule has 1 aromatic heterocycles. The molecule has 1 fully saturated rings. The number of ether oxygens (including phenoxy) is 2. The number of fused-ring (bicyclic) bond motifs is 1. The summed E-state index contributed by atoms with van der Waals surface area (Å²) in [6.45, 7) is 2.43. The van der Waals surface area contributed by atoms with Gasteiger partial charge in [0, 0.05) is 42.2 Å². The normalized spacial score (nSPS) is 16.6. The van der Waals surface area contributed by atoms with Gasteiger partial charge >= 0.3 is 0 Å². The molecule has 0 bridgehead atoms. The number of hydrogen-bond donors (Lipinski definition) is 1. The van der Waals surface area contributed by atoms with Gasteiger partial charge < -0.3 is 14.8 Å². The largest absolute Gasteiger partial charge is 0.497 e. The molecule has 0 radical (unpaired) electrons. The Bertz CT molecular complexity index is 774. The van der Waals surface area contributed by atoms with Crippen molar-refractivity contribution in [3.8, 4) is 11.5 Å². The number of carbonyl (C=O) groups is 1. The molecule has 1 N–H and O–H groups in total. The number of benzene rings is 1. The zero-order chi connectivity index (χ0) is 17.4. The van der Waals surface area contributed by atoms with Crippen LogP contribution in [0.4, 0.5) is 0 Å². The van der Waals surface area contributed by atoms with Crippen LogP contribution in [-0.4, -0.2) is 31.1 Å². The fourth-order valence-electron chi connectivity index (χ4n) is 3.26. The fraction of sp³-hybridized carbons (Fsp3) is 0.421. The third-order valence-electron chi connectivity index (χ3n) is 4.84. The predicted octanol–water partition coefficient (Wildman–Crippen LogP) is 3.17. The summed E-state index contributed by atoms with van der Waals surface area (Å²) in [5.74, 6) is 1.44. The Morgan fingerprint density at radius 2 is 2.08 bits per heavy atom. The number of methoxy groups -OCH3 is 2. The monoisotopic (exact) mass is 358 g/mol. The van der Waals surface area contributed by atoms with Crippen molar-refractivity contribution in [3.05, 3.63) is 45.1 Å². The van der Waals surface area contributed by atoms with Crippen molar-refractivity contribution in [3.63, 3.8) is 0 Å². The molecule has 2 aromatic rings. The van der Waals surface area contributed by atoms with Crippen LogP contribution in [0.1, 0.15) is 38.5 Å². The average Bonchev–Trinajstić information content (AvgIpc) is 3.29. The smallest absolute Gasteiger partial charge is 0.261 e. The highest BCUT2D eigenvalue weighted by molar-refractivity contribution is 7.14. The van der Waals surface area contributed by atoms with Crippen LogP contribution in [0.15, 0.2) is 24.3 Å². The summed E-state index contributed by atoms with van der Waals surface area (Å²) in [5.41, 5.74) is 2.25. The van der Waals surface area contributed by atoms with Crippen LogP contribution in [0.5, 0.6) is 11.5 Å².